The van der Waals surface area contributed by atoms with Gasteiger partial charge in [0, 0.05) is 12.7 Å². The first-order valence-corrected chi connectivity index (χ1v) is 7.15. The van der Waals surface area contributed by atoms with E-state index in [-0.39, 0.29) is 0 Å². The Kier molecular flexibility index (Phi) is 3.85. The highest BCUT2D eigenvalue weighted by atomic mass is 16.5. The maximum absolute atomic E-state index is 12.3. The topological polar surface area (TPSA) is 58.6 Å². The standard InChI is InChI=1S/C18H16N2O3/c1-20(13-8-4-3-5-9-13)16-15(17(21)19-18(16)22)12-7-6-10-14(11-12)23-2/h3-11H,1-2H3,(H,19,21,22). The predicted molar refractivity (Wildman–Crippen MR) is 87.9 cm³/mol. The first kappa shape index (κ1) is 14.8. The Balaban J connectivity index is 2.14. The molecule has 0 fully saturated rings. The van der Waals surface area contributed by atoms with Crippen LogP contribution < -0.4 is 15.0 Å². The van der Waals surface area contributed by atoms with Gasteiger partial charge in [0.2, 0.25) is 0 Å². The van der Waals surface area contributed by atoms with Gasteiger partial charge in [-0.1, -0.05) is 30.3 Å². The SMILES string of the molecule is COc1cccc(C2=C(N(C)c3ccccc3)C(=O)NC2=O)c1. The van der Waals surface area contributed by atoms with Gasteiger partial charge < -0.3 is 9.64 Å². The molecule has 116 valence electrons. The number of imide groups is 1. The molecule has 2 aromatic rings. The number of para-hydroxylation sites is 1. The summed E-state index contributed by atoms with van der Waals surface area (Å²) in [5, 5.41) is 2.37. The fourth-order valence-corrected chi connectivity index (χ4v) is 2.59. The molecule has 1 N–H and O–H groups in total. The van der Waals surface area contributed by atoms with E-state index in [1.54, 1.807) is 43.3 Å². The minimum Gasteiger partial charge on any atom is -0.497 e. The van der Waals surface area contributed by atoms with Crippen molar-refractivity contribution in [3.63, 3.8) is 0 Å². The molecule has 2 amide bonds. The minimum atomic E-state index is -0.404. The molecule has 0 unspecified atom stereocenters. The van der Waals surface area contributed by atoms with E-state index in [1.807, 2.05) is 30.3 Å². The van der Waals surface area contributed by atoms with E-state index in [4.69, 9.17) is 4.74 Å². The second kappa shape index (κ2) is 5.96. The van der Waals surface area contributed by atoms with Crippen molar-refractivity contribution < 1.29 is 14.3 Å². The summed E-state index contributed by atoms with van der Waals surface area (Å²) >= 11 is 0. The smallest absolute Gasteiger partial charge is 0.275 e. The van der Waals surface area contributed by atoms with Gasteiger partial charge >= 0.3 is 0 Å². The Morgan fingerprint density at radius 2 is 1.70 bits per heavy atom. The van der Waals surface area contributed by atoms with Gasteiger partial charge in [-0.2, -0.15) is 0 Å². The van der Waals surface area contributed by atoms with E-state index in [2.05, 4.69) is 5.32 Å². The lowest BCUT2D eigenvalue weighted by Crippen LogP contribution is -2.28. The number of amides is 2. The summed E-state index contributed by atoms with van der Waals surface area (Å²) in [6, 6.07) is 16.5. The Hall–Kier alpha value is -3.08. The number of methoxy groups -OCH3 is 1. The number of carbonyl (C=O) groups is 2. The van der Waals surface area contributed by atoms with Crippen LogP contribution in [0, 0.1) is 0 Å². The fourth-order valence-electron chi connectivity index (χ4n) is 2.59. The predicted octanol–water partition coefficient (Wildman–Crippen LogP) is 2.20. The third-order valence-electron chi connectivity index (χ3n) is 3.74. The highest BCUT2D eigenvalue weighted by Gasteiger charge is 2.34. The molecule has 23 heavy (non-hydrogen) atoms. The minimum absolute atomic E-state index is 0.328. The summed E-state index contributed by atoms with van der Waals surface area (Å²) in [5.74, 6) is -0.177. The Morgan fingerprint density at radius 3 is 2.39 bits per heavy atom. The van der Waals surface area contributed by atoms with E-state index >= 15 is 0 Å². The molecule has 0 saturated heterocycles. The zero-order valence-corrected chi connectivity index (χ0v) is 12.9. The summed E-state index contributed by atoms with van der Waals surface area (Å²) in [4.78, 5) is 26.3. The van der Waals surface area contributed by atoms with Crippen LogP contribution in [-0.2, 0) is 9.59 Å². The molecule has 3 rings (SSSR count). The number of likely N-dealkylation sites (N-methyl/N-ethyl adjacent to an activating group) is 1. The van der Waals surface area contributed by atoms with E-state index < -0.39 is 11.8 Å². The van der Waals surface area contributed by atoms with Crippen molar-refractivity contribution in [1.29, 1.82) is 0 Å². The molecule has 0 radical (unpaired) electrons. The number of nitrogens with zero attached hydrogens (tertiary/aromatic N) is 1. The molecule has 0 saturated carbocycles. The maximum atomic E-state index is 12.3. The third-order valence-corrected chi connectivity index (χ3v) is 3.74. The number of ether oxygens (including phenoxy) is 1. The molecule has 0 atom stereocenters. The number of rotatable bonds is 4. The molecule has 0 aliphatic carbocycles. The van der Waals surface area contributed by atoms with Crippen molar-refractivity contribution in [3.05, 3.63) is 65.9 Å². The molecule has 2 aromatic carbocycles. The summed E-state index contributed by atoms with van der Waals surface area (Å²) in [7, 11) is 3.33. The van der Waals surface area contributed by atoms with Gasteiger partial charge in [0.1, 0.15) is 11.4 Å². The van der Waals surface area contributed by atoms with E-state index in [0.29, 0.717) is 22.6 Å². The van der Waals surface area contributed by atoms with E-state index in [0.717, 1.165) is 5.69 Å². The average molecular weight is 308 g/mol. The molecule has 1 aliphatic heterocycles. The highest BCUT2D eigenvalue weighted by molar-refractivity contribution is 6.36. The first-order valence-electron chi connectivity index (χ1n) is 7.15. The highest BCUT2D eigenvalue weighted by Crippen LogP contribution is 2.30. The normalized spacial score (nSPS) is 14.0. The monoisotopic (exact) mass is 308 g/mol. The fraction of sp³-hybridized carbons (Fsp3) is 0.111. The molecule has 5 heteroatoms. The van der Waals surface area contributed by atoms with Gasteiger partial charge in [0.05, 0.1) is 12.7 Å². The zero-order valence-electron chi connectivity index (χ0n) is 12.9. The second-order valence-corrected chi connectivity index (χ2v) is 5.13. The van der Waals surface area contributed by atoms with Gasteiger partial charge in [-0.25, -0.2) is 0 Å². The van der Waals surface area contributed by atoms with Gasteiger partial charge in [0.25, 0.3) is 11.8 Å². The maximum Gasteiger partial charge on any atom is 0.275 e. The van der Waals surface area contributed by atoms with E-state index in [1.165, 1.54) is 0 Å². The van der Waals surface area contributed by atoms with Crippen LogP contribution >= 0.6 is 0 Å². The van der Waals surface area contributed by atoms with Gasteiger partial charge in [-0.3, -0.25) is 14.9 Å². The zero-order chi connectivity index (χ0) is 16.4. The first-order chi connectivity index (χ1) is 11.1. The molecular weight excluding hydrogens is 292 g/mol. The summed E-state index contributed by atoms with van der Waals surface area (Å²) in [6.07, 6.45) is 0. The molecule has 0 aromatic heterocycles. The van der Waals surface area contributed by atoms with Crippen molar-refractivity contribution in [2.24, 2.45) is 0 Å². The van der Waals surface area contributed by atoms with Crippen LogP contribution in [0.3, 0.4) is 0 Å². The lowest BCUT2D eigenvalue weighted by Gasteiger charge is -2.20. The van der Waals surface area contributed by atoms with Crippen LogP contribution in [0.25, 0.3) is 5.57 Å². The number of hydrogen-bond donors (Lipinski definition) is 1. The quantitative estimate of drug-likeness (QED) is 0.880. The largest absolute Gasteiger partial charge is 0.497 e. The van der Waals surface area contributed by atoms with Crippen molar-refractivity contribution in [2.75, 3.05) is 19.1 Å². The molecule has 0 spiro atoms. The van der Waals surface area contributed by atoms with Crippen LogP contribution in [0.2, 0.25) is 0 Å². The Morgan fingerprint density at radius 1 is 0.957 bits per heavy atom. The summed E-state index contributed by atoms with van der Waals surface area (Å²) in [6.45, 7) is 0. The lowest BCUT2D eigenvalue weighted by atomic mass is 10.0. The second-order valence-electron chi connectivity index (χ2n) is 5.13. The van der Waals surface area contributed by atoms with Crippen molar-refractivity contribution in [3.8, 4) is 5.75 Å². The van der Waals surface area contributed by atoms with Crippen molar-refractivity contribution in [2.45, 2.75) is 0 Å². The Labute approximate surface area is 134 Å². The number of nitrogens with one attached hydrogen (secondary N) is 1. The van der Waals surface area contributed by atoms with Crippen molar-refractivity contribution in [1.82, 2.24) is 5.32 Å². The molecule has 1 aliphatic rings. The lowest BCUT2D eigenvalue weighted by molar-refractivity contribution is -0.123. The van der Waals surface area contributed by atoms with Gasteiger partial charge in [0.15, 0.2) is 0 Å². The van der Waals surface area contributed by atoms with Gasteiger partial charge in [-0.05, 0) is 29.8 Å². The summed E-state index contributed by atoms with van der Waals surface area (Å²) in [5.41, 5.74) is 2.15. The van der Waals surface area contributed by atoms with Crippen LogP contribution in [0.1, 0.15) is 5.56 Å². The molecule has 5 nitrogen and oxygen atoms in total. The molecular formula is C18H16N2O3. The third kappa shape index (κ3) is 2.68. The average Bonchev–Trinajstić information content (AvgIpc) is 2.89. The van der Waals surface area contributed by atoms with Crippen LogP contribution in [0.4, 0.5) is 5.69 Å². The number of benzene rings is 2. The Bertz CT molecular complexity index is 797. The van der Waals surface area contributed by atoms with Crippen LogP contribution in [0.15, 0.2) is 60.3 Å². The number of anilines is 1. The number of carbonyl (C=O) groups excluding carboxylic acids is 2. The van der Waals surface area contributed by atoms with Crippen molar-refractivity contribution >= 4 is 23.1 Å². The van der Waals surface area contributed by atoms with Gasteiger partial charge in [-0.15, -0.1) is 0 Å². The summed E-state index contributed by atoms with van der Waals surface area (Å²) < 4.78 is 5.20. The molecule has 0 bridgehead atoms. The number of hydrogen-bond acceptors (Lipinski definition) is 4. The molecule has 1 heterocycles. The van der Waals surface area contributed by atoms with Crippen LogP contribution in [-0.4, -0.2) is 26.0 Å². The van der Waals surface area contributed by atoms with E-state index in [9.17, 15) is 9.59 Å². The van der Waals surface area contributed by atoms with Crippen LogP contribution in [0.5, 0.6) is 5.75 Å².